The Morgan fingerprint density at radius 1 is 1.56 bits per heavy atom. The Morgan fingerprint density at radius 3 is 3.06 bits per heavy atom. The SMILES string of the molecule is Cc1cnccc1-n1cnc(C(N)=NO)n1. The Labute approximate surface area is 91.2 Å². The Morgan fingerprint density at radius 2 is 2.38 bits per heavy atom. The zero-order valence-electron chi connectivity index (χ0n) is 8.57. The first-order valence-electron chi connectivity index (χ1n) is 4.53. The van der Waals surface area contributed by atoms with Crippen molar-refractivity contribution in [1.29, 1.82) is 0 Å². The molecule has 0 aromatic carbocycles. The third-order valence-electron chi connectivity index (χ3n) is 2.07. The molecule has 0 fully saturated rings. The Bertz CT molecular complexity index is 532. The van der Waals surface area contributed by atoms with Gasteiger partial charge in [-0.3, -0.25) is 4.98 Å². The van der Waals surface area contributed by atoms with Crippen LogP contribution >= 0.6 is 0 Å². The van der Waals surface area contributed by atoms with Crippen LogP contribution in [0.1, 0.15) is 11.4 Å². The number of aryl methyl sites for hydroxylation is 1. The number of oxime groups is 1. The molecule has 0 aliphatic heterocycles. The molecule has 2 aromatic heterocycles. The lowest BCUT2D eigenvalue weighted by atomic mass is 10.3. The second kappa shape index (κ2) is 3.97. The van der Waals surface area contributed by atoms with Gasteiger partial charge >= 0.3 is 0 Å². The van der Waals surface area contributed by atoms with Crippen LogP contribution in [0.4, 0.5) is 0 Å². The molecular weight excluding hydrogens is 208 g/mol. The minimum Gasteiger partial charge on any atom is -0.409 e. The molecule has 7 heteroatoms. The molecule has 2 aromatic rings. The Kier molecular flexibility index (Phi) is 2.50. The van der Waals surface area contributed by atoms with Gasteiger partial charge in [-0.2, -0.15) is 0 Å². The number of pyridine rings is 1. The molecule has 0 spiro atoms. The highest BCUT2D eigenvalue weighted by Gasteiger charge is 2.08. The van der Waals surface area contributed by atoms with E-state index < -0.39 is 0 Å². The van der Waals surface area contributed by atoms with E-state index in [1.165, 1.54) is 6.33 Å². The molecular formula is C9H10N6O. The van der Waals surface area contributed by atoms with Gasteiger partial charge in [-0.15, -0.1) is 5.10 Å². The normalized spacial score (nSPS) is 11.7. The molecule has 16 heavy (non-hydrogen) atoms. The molecule has 7 nitrogen and oxygen atoms in total. The van der Waals surface area contributed by atoms with E-state index >= 15 is 0 Å². The largest absolute Gasteiger partial charge is 0.409 e. The average Bonchev–Trinajstić information content (AvgIpc) is 2.78. The van der Waals surface area contributed by atoms with E-state index in [9.17, 15) is 0 Å². The quantitative estimate of drug-likeness (QED) is 0.321. The summed E-state index contributed by atoms with van der Waals surface area (Å²) in [6, 6.07) is 1.81. The molecule has 3 N–H and O–H groups in total. The van der Waals surface area contributed by atoms with Gasteiger partial charge in [-0.25, -0.2) is 9.67 Å². The van der Waals surface area contributed by atoms with Crippen LogP contribution in [-0.2, 0) is 0 Å². The molecule has 82 valence electrons. The van der Waals surface area contributed by atoms with Crippen molar-refractivity contribution in [3.63, 3.8) is 0 Å². The first-order valence-corrected chi connectivity index (χ1v) is 4.53. The maximum absolute atomic E-state index is 8.49. The zero-order chi connectivity index (χ0) is 11.5. The molecule has 0 aliphatic carbocycles. The summed E-state index contributed by atoms with van der Waals surface area (Å²) in [5.74, 6) is 0.0594. The van der Waals surface area contributed by atoms with Gasteiger partial charge in [0.25, 0.3) is 0 Å². The van der Waals surface area contributed by atoms with Crippen molar-refractivity contribution in [1.82, 2.24) is 19.7 Å². The van der Waals surface area contributed by atoms with Gasteiger partial charge in [0.1, 0.15) is 6.33 Å². The van der Waals surface area contributed by atoms with Crippen molar-refractivity contribution in [2.75, 3.05) is 0 Å². The highest BCUT2D eigenvalue weighted by Crippen LogP contribution is 2.09. The van der Waals surface area contributed by atoms with Crippen LogP contribution in [0.5, 0.6) is 0 Å². The molecule has 0 radical (unpaired) electrons. The van der Waals surface area contributed by atoms with Crippen LogP contribution in [0.25, 0.3) is 5.69 Å². The molecule has 2 heterocycles. The van der Waals surface area contributed by atoms with Crippen LogP contribution in [0.3, 0.4) is 0 Å². The van der Waals surface area contributed by atoms with E-state index in [1.54, 1.807) is 23.1 Å². The van der Waals surface area contributed by atoms with E-state index in [4.69, 9.17) is 10.9 Å². The topological polar surface area (TPSA) is 102 Å². The van der Waals surface area contributed by atoms with Gasteiger partial charge in [-0.05, 0) is 18.6 Å². The lowest BCUT2D eigenvalue weighted by Gasteiger charge is -2.02. The van der Waals surface area contributed by atoms with E-state index in [2.05, 4.69) is 20.2 Å². The van der Waals surface area contributed by atoms with Crippen LogP contribution in [-0.4, -0.2) is 30.8 Å². The summed E-state index contributed by atoms with van der Waals surface area (Å²) in [5, 5.41) is 15.4. The summed E-state index contributed by atoms with van der Waals surface area (Å²) < 4.78 is 1.55. The molecule has 0 unspecified atom stereocenters. The molecule has 2 rings (SSSR count). The van der Waals surface area contributed by atoms with Crippen LogP contribution < -0.4 is 5.73 Å². The fraction of sp³-hybridized carbons (Fsp3) is 0.111. The van der Waals surface area contributed by atoms with Crippen molar-refractivity contribution in [2.45, 2.75) is 6.92 Å². The first-order chi connectivity index (χ1) is 7.72. The summed E-state index contributed by atoms with van der Waals surface area (Å²) >= 11 is 0. The maximum atomic E-state index is 8.49. The van der Waals surface area contributed by atoms with Gasteiger partial charge in [-0.1, -0.05) is 5.16 Å². The predicted molar refractivity (Wildman–Crippen MR) is 56.4 cm³/mol. The molecule has 0 amide bonds. The highest BCUT2D eigenvalue weighted by atomic mass is 16.4. The summed E-state index contributed by atoms with van der Waals surface area (Å²) in [6.45, 7) is 1.91. The number of aromatic nitrogens is 4. The van der Waals surface area contributed by atoms with Crippen molar-refractivity contribution in [3.8, 4) is 5.69 Å². The fourth-order valence-corrected chi connectivity index (χ4v) is 1.26. The van der Waals surface area contributed by atoms with Crippen molar-refractivity contribution in [3.05, 3.63) is 36.2 Å². The Hall–Kier alpha value is -2.44. The predicted octanol–water partition coefficient (Wildman–Crippen LogP) is 0.0652. The summed E-state index contributed by atoms with van der Waals surface area (Å²) in [4.78, 5) is 7.90. The van der Waals surface area contributed by atoms with Crippen LogP contribution in [0.2, 0.25) is 0 Å². The maximum Gasteiger partial charge on any atom is 0.220 e. The van der Waals surface area contributed by atoms with E-state index in [0.717, 1.165) is 11.3 Å². The van der Waals surface area contributed by atoms with E-state index in [-0.39, 0.29) is 11.7 Å². The van der Waals surface area contributed by atoms with Crippen molar-refractivity contribution < 1.29 is 5.21 Å². The smallest absolute Gasteiger partial charge is 0.220 e. The molecule has 0 saturated heterocycles. The second-order valence-electron chi connectivity index (χ2n) is 3.16. The van der Waals surface area contributed by atoms with Crippen molar-refractivity contribution >= 4 is 5.84 Å². The minimum absolute atomic E-state index is 0.120. The second-order valence-corrected chi connectivity index (χ2v) is 3.16. The Balaban J connectivity index is 2.43. The average molecular weight is 218 g/mol. The third-order valence-corrected chi connectivity index (χ3v) is 2.07. The number of rotatable bonds is 2. The lowest BCUT2D eigenvalue weighted by Crippen LogP contribution is -2.15. The van der Waals surface area contributed by atoms with Gasteiger partial charge < -0.3 is 10.9 Å². The monoisotopic (exact) mass is 218 g/mol. The summed E-state index contributed by atoms with van der Waals surface area (Å²) in [5.41, 5.74) is 7.18. The number of hydrogen-bond acceptors (Lipinski definition) is 5. The lowest BCUT2D eigenvalue weighted by molar-refractivity contribution is 0.318. The number of hydrogen-bond donors (Lipinski definition) is 2. The third kappa shape index (κ3) is 1.70. The van der Waals surface area contributed by atoms with E-state index in [0.29, 0.717) is 0 Å². The molecule has 0 atom stereocenters. The summed E-state index contributed by atoms with van der Waals surface area (Å²) in [7, 11) is 0. The van der Waals surface area contributed by atoms with Gasteiger partial charge in [0, 0.05) is 12.4 Å². The fourth-order valence-electron chi connectivity index (χ4n) is 1.26. The highest BCUT2D eigenvalue weighted by molar-refractivity contribution is 5.93. The summed E-state index contributed by atoms with van der Waals surface area (Å²) in [6.07, 6.45) is 4.88. The first kappa shape index (κ1) is 10.1. The minimum atomic E-state index is -0.120. The van der Waals surface area contributed by atoms with Gasteiger partial charge in [0.05, 0.1) is 5.69 Å². The van der Waals surface area contributed by atoms with Crippen LogP contribution in [0, 0.1) is 6.92 Å². The number of nitrogens with two attached hydrogens (primary N) is 1. The molecule has 0 aliphatic rings. The van der Waals surface area contributed by atoms with Crippen LogP contribution in [0.15, 0.2) is 29.9 Å². The van der Waals surface area contributed by atoms with E-state index in [1.807, 2.05) is 6.92 Å². The molecule has 0 bridgehead atoms. The van der Waals surface area contributed by atoms with Crippen molar-refractivity contribution in [2.24, 2.45) is 10.9 Å². The van der Waals surface area contributed by atoms with Gasteiger partial charge in [0.2, 0.25) is 11.7 Å². The number of nitrogens with zero attached hydrogens (tertiary/aromatic N) is 5. The zero-order valence-corrected chi connectivity index (χ0v) is 8.57. The standard InChI is InChI=1S/C9H10N6O/c1-6-4-11-3-2-7(6)15-5-12-9(13-15)8(10)14-16/h2-5,16H,1H3,(H2,10,14). The van der Waals surface area contributed by atoms with Gasteiger partial charge in [0.15, 0.2) is 0 Å². The number of amidine groups is 1. The molecule has 0 saturated carbocycles.